The van der Waals surface area contributed by atoms with Gasteiger partial charge in [-0.2, -0.15) is 0 Å². The lowest BCUT2D eigenvalue weighted by molar-refractivity contribution is -0.115. The maximum Gasteiger partial charge on any atom is 0.326 e. The molecule has 1 aliphatic heterocycles. The van der Waals surface area contributed by atoms with Crippen molar-refractivity contribution in [2.75, 3.05) is 7.11 Å². The highest BCUT2D eigenvalue weighted by atomic mass is 79.9. The van der Waals surface area contributed by atoms with Crippen molar-refractivity contribution in [3.05, 3.63) is 63.3 Å². The number of amides is 3. The van der Waals surface area contributed by atoms with Gasteiger partial charge in [-0.3, -0.25) is 10.1 Å². The van der Waals surface area contributed by atoms with Gasteiger partial charge >= 0.3 is 6.03 Å². The van der Waals surface area contributed by atoms with E-state index in [0.29, 0.717) is 28.1 Å². The number of rotatable bonds is 5. The van der Waals surface area contributed by atoms with Gasteiger partial charge in [0.1, 0.15) is 12.3 Å². The number of imide groups is 1. The Hall–Kier alpha value is -2.80. The third kappa shape index (κ3) is 4.05. The molecule has 0 unspecified atom stereocenters. The molecule has 1 heterocycles. The number of methoxy groups -OCH3 is 1. The highest BCUT2D eigenvalue weighted by molar-refractivity contribution is 9.10. The molecule has 6 nitrogen and oxygen atoms in total. The van der Waals surface area contributed by atoms with E-state index in [0.717, 1.165) is 11.1 Å². The topological polar surface area (TPSA) is 76.7 Å². The minimum atomic E-state index is -0.539. The Morgan fingerprint density at radius 3 is 2.58 bits per heavy atom. The van der Waals surface area contributed by atoms with Gasteiger partial charge in [-0.1, -0.05) is 45.8 Å². The normalized spacial score (nSPS) is 15.0. The molecule has 1 fully saturated rings. The lowest BCUT2D eigenvalue weighted by Gasteiger charge is -2.13. The second kappa shape index (κ2) is 7.61. The molecule has 0 aliphatic carbocycles. The standard InChI is InChI=1S/C19H17BrN2O4/c1-11-4-3-5-12(6-11)10-26-17-9-14(20)13(8-16(17)25-2)7-15-18(23)22-19(24)21-15/h3-9H,10H2,1-2H3,(H2,21,22,23,24)/b15-7+. The first-order valence-electron chi connectivity index (χ1n) is 7.86. The van der Waals surface area contributed by atoms with Crippen molar-refractivity contribution in [1.82, 2.24) is 10.6 Å². The fraction of sp³-hybridized carbons (Fsp3) is 0.158. The quantitative estimate of drug-likeness (QED) is 0.577. The highest BCUT2D eigenvalue weighted by Crippen LogP contribution is 2.35. The molecule has 134 valence electrons. The molecule has 0 spiro atoms. The Labute approximate surface area is 159 Å². The molecular weight excluding hydrogens is 400 g/mol. The number of benzene rings is 2. The van der Waals surface area contributed by atoms with Gasteiger partial charge < -0.3 is 14.8 Å². The first-order chi connectivity index (χ1) is 12.5. The Kier molecular flexibility index (Phi) is 5.27. The van der Waals surface area contributed by atoms with E-state index in [9.17, 15) is 9.59 Å². The maximum absolute atomic E-state index is 11.7. The third-order valence-corrected chi connectivity index (χ3v) is 4.47. The lowest BCUT2D eigenvalue weighted by Crippen LogP contribution is -2.22. The van der Waals surface area contributed by atoms with Crippen LogP contribution in [0.25, 0.3) is 6.08 Å². The molecule has 0 aromatic heterocycles. The summed E-state index contributed by atoms with van der Waals surface area (Å²) < 4.78 is 12.0. The van der Waals surface area contributed by atoms with E-state index in [-0.39, 0.29) is 5.70 Å². The van der Waals surface area contributed by atoms with Crippen molar-refractivity contribution >= 4 is 33.9 Å². The Morgan fingerprint density at radius 1 is 1.12 bits per heavy atom. The molecule has 0 bridgehead atoms. The SMILES string of the molecule is COc1cc(/C=C2/NC(=O)NC2=O)c(Br)cc1OCc1cccc(C)c1. The summed E-state index contributed by atoms with van der Waals surface area (Å²) in [6.07, 6.45) is 1.57. The predicted octanol–water partition coefficient (Wildman–Crippen LogP) is 3.53. The van der Waals surface area contributed by atoms with Crippen LogP contribution in [0.4, 0.5) is 4.79 Å². The van der Waals surface area contributed by atoms with Crippen molar-refractivity contribution in [1.29, 1.82) is 0 Å². The van der Waals surface area contributed by atoms with E-state index < -0.39 is 11.9 Å². The van der Waals surface area contributed by atoms with Crippen molar-refractivity contribution < 1.29 is 19.1 Å². The van der Waals surface area contributed by atoms with E-state index in [4.69, 9.17) is 9.47 Å². The number of carbonyl (C=O) groups is 2. The zero-order chi connectivity index (χ0) is 18.7. The average molecular weight is 417 g/mol. The van der Waals surface area contributed by atoms with Crippen LogP contribution in [0, 0.1) is 6.92 Å². The molecule has 2 aromatic rings. The molecule has 0 saturated carbocycles. The van der Waals surface area contributed by atoms with Gasteiger partial charge in [0.2, 0.25) is 0 Å². The first kappa shape index (κ1) is 18.0. The van der Waals surface area contributed by atoms with Crippen LogP contribution in [0.3, 0.4) is 0 Å². The van der Waals surface area contributed by atoms with Crippen LogP contribution in [0.1, 0.15) is 16.7 Å². The summed E-state index contributed by atoms with van der Waals surface area (Å²) in [5, 5.41) is 4.61. The summed E-state index contributed by atoms with van der Waals surface area (Å²) in [5.41, 5.74) is 3.07. The summed E-state index contributed by atoms with van der Waals surface area (Å²) in [6.45, 7) is 2.43. The molecule has 3 amide bonds. The molecule has 2 aromatic carbocycles. The van der Waals surface area contributed by atoms with Gasteiger partial charge in [0.15, 0.2) is 11.5 Å². The molecular formula is C19H17BrN2O4. The Bertz CT molecular complexity index is 908. The van der Waals surface area contributed by atoms with E-state index in [1.165, 1.54) is 0 Å². The minimum Gasteiger partial charge on any atom is -0.493 e. The zero-order valence-corrected chi connectivity index (χ0v) is 15.8. The van der Waals surface area contributed by atoms with E-state index in [2.05, 4.69) is 32.6 Å². The fourth-order valence-electron chi connectivity index (χ4n) is 2.53. The number of aryl methyl sites for hydroxylation is 1. The second-order valence-electron chi connectivity index (χ2n) is 5.77. The van der Waals surface area contributed by atoms with E-state index in [1.54, 1.807) is 25.3 Å². The number of hydrogen-bond acceptors (Lipinski definition) is 4. The van der Waals surface area contributed by atoms with Crippen LogP contribution in [0.2, 0.25) is 0 Å². The van der Waals surface area contributed by atoms with Crippen molar-refractivity contribution in [2.24, 2.45) is 0 Å². The van der Waals surface area contributed by atoms with Crippen LogP contribution >= 0.6 is 15.9 Å². The molecule has 0 atom stereocenters. The number of urea groups is 1. The number of ether oxygens (including phenoxy) is 2. The van der Waals surface area contributed by atoms with Gasteiger partial charge in [0.25, 0.3) is 5.91 Å². The van der Waals surface area contributed by atoms with Gasteiger partial charge in [0, 0.05) is 4.47 Å². The maximum atomic E-state index is 11.7. The van der Waals surface area contributed by atoms with E-state index >= 15 is 0 Å². The summed E-state index contributed by atoms with van der Waals surface area (Å²) in [7, 11) is 1.55. The average Bonchev–Trinajstić information content (AvgIpc) is 2.92. The van der Waals surface area contributed by atoms with Crippen molar-refractivity contribution in [2.45, 2.75) is 13.5 Å². The van der Waals surface area contributed by atoms with E-state index in [1.807, 2.05) is 25.1 Å². The summed E-state index contributed by atoms with van der Waals surface area (Å²) in [6, 6.07) is 11.0. The van der Waals surface area contributed by atoms with Gasteiger partial charge in [-0.05, 0) is 36.3 Å². The van der Waals surface area contributed by atoms with Crippen LogP contribution in [0.5, 0.6) is 11.5 Å². The molecule has 1 saturated heterocycles. The Morgan fingerprint density at radius 2 is 1.92 bits per heavy atom. The smallest absolute Gasteiger partial charge is 0.326 e. The highest BCUT2D eigenvalue weighted by Gasteiger charge is 2.23. The van der Waals surface area contributed by atoms with Crippen molar-refractivity contribution in [3.63, 3.8) is 0 Å². The largest absolute Gasteiger partial charge is 0.493 e. The molecule has 2 N–H and O–H groups in total. The predicted molar refractivity (Wildman–Crippen MR) is 101 cm³/mol. The van der Waals surface area contributed by atoms with Crippen molar-refractivity contribution in [3.8, 4) is 11.5 Å². The monoisotopic (exact) mass is 416 g/mol. The van der Waals surface area contributed by atoms with Crippen LogP contribution in [-0.4, -0.2) is 19.0 Å². The molecule has 3 rings (SSSR count). The van der Waals surface area contributed by atoms with Gasteiger partial charge in [0.05, 0.1) is 7.11 Å². The third-order valence-electron chi connectivity index (χ3n) is 3.78. The number of nitrogens with one attached hydrogen (secondary N) is 2. The number of halogens is 1. The second-order valence-corrected chi connectivity index (χ2v) is 6.62. The molecule has 7 heteroatoms. The lowest BCUT2D eigenvalue weighted by atomic mass is 10.1. The van der Waals surface area contributed by atoms with Crippen LogP contribution in [0.15, 0.2) is 46.6 Å². The van der Waals surface area contributed by atoms with Gasteiger partial charge in [-0.15, -0.1) is 0 Å². The minimum absolute atomic E-state index is 0.172. The summed E-state index contributed by atoms with van der Waals surface area (Å²) in [4.78, 5) is 22.9. The Balaban J connectivity index is 1.84. The van der Waals surface area contributed by atoms with Crippen LogP contribution < -0.4 is 20.1 Å². The van der Waals surface area contributed by atoms with Crippen LogP contribution in [-0.2, 0) is 11.4 Å². The zero-order valence-electron chi connectivity index (χ0n) is 14.3. The number of hydrogen-bond donors (Lipinski definition) is 2. The summed E-state index contributed by atoms with van der Waals surface area (Å²) in [5.74, 6) is 0.626. The first-order valence-corrected chi connectivity index (χ1v) is 8.65. The van der Waals surface area contributed by atoms with Gasteiger partial charge in [-0.25, -0.2) is 4.79 Å². The number of carbonyl (C=O) groups excluding carboxylic acids is 2. The molecule has 0 radical (unpaired) electrons. The fourth-order valence-corrected chi connectivity index (χ4v) is 2.97. The summed E-state index contributed by atoms with van der Waals surface area (Å²) >= 11 is 3.47. The molecule has 1 aliphatic rings. The molecule has 26 heavy (non-hydrogen) atoms.